The number of benzene rings is 1. The number of aromatic nitrogens is 1. The van der Waals surface area contributed by atoms with Crippen LogP contribution in [0.3, 0.4) is 0 Å². The predicted octanol–water partition coefficient (Wildman–Crippen LogP) is 4.36. The van der Waals surface area contributed by atoms with Gasteiger partial charge in [0.1, 0.15) is 5.01 Å². The second-order valence-electron chi connectivity index (χ2n) is 6.33. The number of nitrogens with one attached hydrogen (secondary N) is 1. The fraction of sp³-hybridized carbons (Fsp3) is 0.500. The van der Waals surface area contributed by atoms with Crippen LogP contribution in [-0.4, -0.2) is 11.5 Å². The summed E-state index contributed by atoms with van der Waals surface area (Å²) in [6.07, 6.45) is 5.80. The molecule has 0 aliphatic heterocycles. The summed E-state index contributed by atoms with van der Waals surface area (Å²) in [7, 11) is 0. The van der Waals surface area contributed by atoms with Crippen molar-refractivity contribution in [3.05, 3.63) is 51.5 Å². The van der Waals surface area contributed by atoms with E-state index in [4.69, 9.17) is 4.98 Å². The molecule has 0 saturated heterocycles. The van der Waals surface area contributed by atoms with E-state index in [1.54, 1.807) is 0 Å². The first-order valence-electron chi connectivity index (χ1n) is 7.97. The van der Waals surface area contributed by atoms with Crippen molar-refractivity contribution in [2.24, 2.45) is 5.92 Å². The van der Waals surface area contributed by atoms with Crippen LogP contribution in [0.1, 0.15) is 53.6 Å². The van der Waals surface area contributed by atoms with E-state index in [2.05, 4.69) is 49.6 Å². The summed E-state index contributed by atoms with van der Waals surface area (Å²) in [6.45, 7) is 6.50. The van der Waals surface area contributed by atoms with E-state index in [0.29, 0.717) is 11.8 Å². The van der Waals surface area contributed by atoms with E-state index in [-0.39, 0.29) is 0 Å². The van der Waals surface area contributed by atoms with E-state index in [1.807, 2.05) is 11.3 Å². The lowest BCUT2D eigenvalue weighted by Crippen LogP contribution is -2.18. The molecule has 2 aromatic rings. The summed E-state index contributed by atoms with van der Waals surface area (Å²) in [5.41, 5.74) is 3.02. The van der Waals surface area contributed by atoms with Gasteiger partial charge in [-0.1, -0.05) is 38.1 Å². The number of rotatable bonds is 5. The zero-order chi connectivity index (χ0) is 14.7. The van der Waals surface area contributed by atoms with Gasteiger partial charge in [-0.3, -0.25) is 0 Å². The normalized spacial score (nSPS) is 18.0. The molecule has 21 heavy (non-hydrogen) atoms. The van der Waals surface area contributed by atoms with Gasteiger partial charge in [0, 0.05) is 23.5 Å². The molecule has 3 heteroatoms. The standard InChI is InChI=1S/C18H24N2S/c1-13(2)10-19-11-15-12-20-18(21-15)17-9-5-7-14-6-3-4-8-16(14)17/h3-4,6,8,12-13,17,19H,5,7,9-11H2,1-2H3. The van der Waals surface area contributed by atoms with Crippen LogP contribution in [0.2, 0.25) is 0 Å². The van der Waals surface area contributed by atoms with E-state index < -0.39 is 0 Å². The molecule has 1 aliphatic carbocycles. The molecule has 1 aliphatic rings. The van der Waals surface area contributed by atoms with Crippen LogP contribution >= 0.6 is 11.3 Å². The van der Waals surface area contributed by atoms with Crippen LogP contribution in [0.25, 0.3) is 0 Å². The van der Waals surface area contributed by atoms with E-state index in [0.717, 1.165) is 13.1 Å². The topological polar surface area (TPSA) is 24.9 Å². The third-order valence-corrected chi connectivity index (χ3v) is 5.20. The Labute approximate surface area is 131 Å². The Morgan fingerprint density at radius 3 is 3.05 bits per heavy atom. The van der Waals surface area contributed by atoms with Crippen molar-refractivity contribution in [1.29, 1.82) is 0 Å². The van der Waals surface area contributed by atoms with Crippen LogP contribution < -0.4 is 5.32 Å². The molecule has 1 N–H and O–H groups in total. The summed E-state index contributed by atoms with van der Waals surface area (Å²) >= 11 is 1.88. The molecule has 1 aromatic heterocycles. The lowest BCUT2D eigenvalue weighted by molar-refractivity contribution is 0.554. The molecule has 1 atom stereocenters. The zero-order valence-electron chi connectivity index (χ0n) is 12.9. The van der Waals surface area contributed by atoms with Crippen molar-refractivity contribution in [2.75, 3.05) is 6.54 Å². The molecule has 0 amide bonds. The zero-order valence-corrected chi connectivity index (χ0v) is 13.7. The third-order valence-electron chi connectivity index (χ3n) is 4.09. The summed E-state index contributed by atoms with van der Waals surface area (Å²) in [5, 5.41) is 4.80. The highest BCUT2D eigenvalue weighted by atomic mass is 32.1. The lowest BCUT2D eigenvalue weighted by Gasteiger charge is -2.23. The average molecular weight is 300 g/mol. The van der Waals surface area contributed by atoms with Crippen molar-refractivity contribution in [1.82, 2.24) is 10.3 Å². The van der Waals surface area contributed by atoms with Gasteiger partial charge in [0.05, 0.1) is 0 Å². The van der Waals surface area contributed by atoms with Gasteiger partial charge in [-0.25, -0.2) is 4.98 Å². The fourth-order valence-corrected chi connectivity index (χ4v) is 4.10. The van der Waals surface area contributed by atoms with Gasteiger partial charge in [0.15, 0.2) is 0 Å². The maximum atomic E-state index is 4.72. The first-order chi connectivity index (χ1) is 10.2. The van der Waals surface area contributed by atoms with E-state index in [1.165, 1.54) is 40.3 Å². The molecular formula is C18H24N2S. The Kier molecular flexibility index (Phi) is 4.71. The van der Waals surface area contributed by atoms with Crippen LogP contribution in [0.4, 0.5) is 0 Å². The maximum Gasteiger partial charge on any atom is 0.100 e. The fourth-order valence-electron chi connectivity index (χ4n) is 3.06. The van der Waals surface area contributed by atoms with E-state index >= 15 is 0 Å². The van der Waals surface area contributed by atoms with Crippen LogP contribution in [0, 0.1) is 5.92 Å². The molecular weight excluding hydrogens is 276 g/mol. The minimum atomic E-state index is 0.513. The Hall–Kier alpha value is -1.19. The quantitative estimate of drug-likeness (QED) is 0.887. The molecule has 0 saturated carbocycles. The third kappa shape index (κ3) is 3.53. The minimum Gasteiger partial charge on any atom is -0.312 e. The molecule has 1 aromatic carbocycles. The summed E-state index contributed by atoms with van der Waals surface area (Å²) in [5.74, 6) is 1.21. The number of aryl methyl sites for hydroxylation is 1. The van der Waals surface area contributed by atoms with Gasteiger partial charge in [0.2, 0.25) is 0 Å². The highest BCUT2D eigenvalue weighted by Crippen LogP contribution is 2.38. The van der Waals surface area contributed by atoms with Crippen molar-refractivity contribution in [2.45, 2.75) is 45.6 Å². The monoisotopic (exact) mass is 300 g/mol. The number of hydrogen-bond acceptors (Lipinski definition) is 3. The Balaban J connectivity index is 1.72. The summed E-state index contributed by atoms with van der Waals surface area (Å²) in [6, 6.07) is 8.89. The maximum absolute atomic E-state index is 4.72. The lowest BCUT2D eigenvalue weighted by atomic mass is 9.83. The molecule has 1 heterocycles. The number of fused-ring (bicyclic) bond motifs is 1. The van der Waals surface area contributed by atoms with Gasteiger partial charge in [-0.05, 0) is 42.9 Å². The van der Waals surface area contributed by atoms with E-state index in [9.17, 15) is 0 Å². The Morgan fingerprint density at radius 2 is 2.19 bits per heavy atom. The van der Waals surface area contributed by atoms with Crippen molar-refractivity contribution >= 4 is 11.3 Å². The smallest absolute Gasteiger partial charge is 0.100 e. The second-order valence-corrected chi connectivity index (χ2v) is 7.48. The first-order valence-corrected chi connectivity index (χ1v) is 8.79. The van der Waals surface area contributed by atoms with Crippen molar-refractivity contribution < 1.29 is 0 Å². The molecule has 0 radical (unpaired) electrons. The van der Waals surface area contributed by atoms with Gasteiger partial charge in [-0.2, -0.15) is 0 Å². The first kappa shape index (κ1) is 14.7. The average Bonchev–Trinajstić information content (AvgIpc) is 2.95. The predicted molar refractivity (Wildman–Crippen MR) is 89.9 cm³/mol. The Bertz CT molecular complexity index is 588. The highest BCUT2D eigenvalue weighted by molar-refractivity contribution is 7.11. The highest BCUT2D eigenvalue weighted by Gasteiger charge is 2.23. The molecule has 2 nitrogen and oxygen atoms in total. The van der Waals surface area contributed by atoms with Gasteiger partial charge in [0.25, 0.3) is 0 Å². The molecule has 0 fully saturated rings. The summed E-state index contributed by atoms with van der Waals surface area (Å²) < 4.78 is 0. The van der Waals surface area contributed by atoms with Gasteiger partial charge < -0.3 is 5.32 Å². The molecule has 3 rings (SSSR count). The molecule has 0 bridgehead atoms. The number of nitrogens with zero attached hydrogens (tertiary/aromatic N) is 1. The number of thiazole rings is 1. The molecule has 112 valence electrons. The molecule has 1 unspecified atom stereocenters. The van der Waals surface area contributed by atoms with Crippen LogP contribution in [-0.2, 0) is 13.0 Å². The summed E-state index contributed by atoms with van der Waals surface area (Å²) in [4.78, 5) is 6.07. The minimum absolute atomic E-state index is 0.513. The van der Waals surface area contributed by atoms with Gasteiger partial charge >= 0.3 is 0 Å². The SMILES string of the molecule is CC(C)CNCc1cnc(C2CCCc3ccccc32)s1. The number of hydrogen-bond donors (Lipinski definition) is 1. The van der Waals surface area contributed by atoms with Crippen LogP contribution in [0.5, 0.6) is 0 Å². The largest absolute Gasteiger partial charge is 0.312 e. The van der Waals surface area contributed by atoms with Gasteiger partial charge in [-0.15, -0.1) is 11.3 Å². The van der Waals surface area contributed by atoms with Crippen LogP contribution in [0.15, 0.2) is 30.5 Å². The molecule has 0 spiro atoms. The second kappa shape index (κ2) is 6.71. The van der Waals surface area contributed by atoms with Crippen molar-refractivity contribution in [3.8, 4) is 0 Å². The van der Waals surface area contributed by atoms with Crippen molar-refractivity contribution in [3.63, 3.8) is 0 Å². The Morgan fingerprint density at radius 1 is 1.33 bits per heavy atom.